The molecule has 2 aliphatic heterocycles. The van der Waals surface area contributed by atoms with Crippen molar-refractivity contribution < 1.29 is 14.3 Å². The number of aromatic nitrogens is 2. The average molecular weight is 460 g/mol. The van der Waals surface area contributed by atoms with Crippen LogP contribution in [0.5, 0.6) is 5.75 Å². The van der Waals surface area contributed by atoms with Gasteiger partial charge in [-0.25, -0.2) is 4.99 Å². The zero-order chi connectivity index (χ0) is 23.2. The van der Waals surface area contributed by atoms with E-state index < -0.39 is 5.92 Å². The van der Waals surface area contributed by atoms with Gasteiger partial charge in [0.1, 0.15) is 11.7 Å². The fraction of sp³-hybridized carbons (Fsp3) is 0.346. The van der Waals surface area contributed by atoms with Crippen LogP contribution in [0, 0.1) is 0 Å². The number of anilines is 1. The molecule has 8 nitrogen and oxygen atoms in total. The van der Waals surface area contributed by atoms with Crippen molar-refractivity contribution in [3.05, 3.63) is 71.4 Å². The third kappa shape index (κ3) is 5.52. The first-order chi connectivity index (χ1) is 16.7. The number of hydrogen-bond donors (Lipinski definition) is 2. The van der Waals surface area contributed by atoms with Crippen LogP contribution < -0.4 is 10.1 Å². The lowest BCUT2D eigenvalue weighted by Gasteiger charge is -2.26. The molecular formula is C26H29N5O3. The molecule has 0 radical (unpaired) electrons. The van der Waals surface area contributed by atoms with Crippen molar-refractivity contribution in [2.45, 2.75) is 18.8 Å². The van der Waals surface area contributed by atoms with Gasteiger partial charge < -0.3 is 14.8 Å². The van der Waals surface area contributed by atoms with Gasteiger partial charge in [-0.05, 0) is 35.7 Å². The van der Waals surface area contributed by atoms with Crippen LogP contribution in [0.25, 0.3) is 0 Å². The number of para-hydroxylation sites is 1. The summed E-state index contributed by atoms with van der Waals surface area (Å²) in [6.07, 6.45) is 3.38. The van der Waals surface area contributed by atoms with Gasteiger partial charge in [0.15, 0.2) is 5.82 Å². The summed E-state index contributed by atoms with van der Waals surface area (Å²) in [6, 6.07) is 17.7. The van der Waals surface area contributed by atoms with Crippen LogP contribution >= 0.6 is 0 Å². The number of H-pyrrole nitrogens is 1. The molecule has 2 N–H and O–H groups in total. The average Bonchev–Trinajstić information content (AvgIpc) is 3.45. The maximum Gasteiger partial charge on any atom is 0.237 e. The van der Waals surface area contributed by atoms with E-state index >= 15 is 0 Å². The smallest absolute Gasteiger partial charge is 0.237 e. The predicted octanol–water partition coefficient (Wildman–Crippen LogP) is 3.54. The fourth-order valence-corrected chi connectivity index (χ4v) is 4.27. The fourth-order valence-electron chi connectivity index (χ4n) is 4.27. The van der Waals surface area contributed by atoms with Gasteiger partial charge in [-0.15, -0.1) is 0 Å². The summed E-state index contributed by atoms with van der Waals surface area (Å²) in [6.45, 7) is 5.45. The summed E-state index contributed by atoms with van der Waals surface area (Å²) in [5.74, 6) is 0.991. The third-order valence-corrected chi connectivity index (χ3v) is 6.12. The number of benzene rings is 2. The number of aliphatic imine (C=N–C) groups is 1. The number of morpholine rings is 1. The molecule has 2 aromatic carbocycles. The Morgan fingerprint density at radius 2 is 1.97 bits per heavy atom. The summed E-state index contributed by atoms with van der Waals surface area (Å²) in [4.78, 5) is 19.1. The Morgan fingerprint density at radius 3 is 2.82 bits per heavy atom. The van der Waals surface area contributed by atoms with Gasteiger partial charge in [-0.1, -0.05) is 30.3 Å². The number of amides is 1. The van der Waals surface area contributed by atoms with Gasteiger partial charge in [-0.2, -0.15) is 5.10 Å². The minimum atomic E-state index is -0.391. The lowest BCUT2D eigenvalue weighted by molar-refractivity contribution is -0.115. The van der Waals surface area contributed by atoms with Crippen molar-refractivity contribution >= 4 is 23.6 Å². The zero-order valence-electron chi connectivity index (χ0n) is 19.1. The maximum atomic E-state index is 12.2. The van der Waals surface area contributed by atoms with E-state index in [1.807, 2.05) is 42.5 Å². The van der Waals surface area contributed by atoms with Crippen molar-refractivity contribution in [2.75, 3.05) is 44.8 Å². The Bertz CT molecular complexity index is 1140. The van der Waals surface area contributed by atoms with E-state index in [0.717, 1.165) is 67.5 Å². The van der Waals surface area contributed by atoms with Gasteiger partial charge in [0.2, 0.25) is 5.91 Å². The van der Waals surface area contributed by atoms with E-state index in [0.29, 0.717) is 18.8 Å². The second-order valence-corrected chi connectivity index (χ2v) is 8.56. The first-order valence-electron chi connectivity index (χ1n) is 11.7. The highest BCUT2D eigenvalue weighted by Crippen LogP contribution is 2.31. The summed E-state index contributed by atoms with van der Waals surface area (Å²) in [5.41, 5.74) is 3.90. The maximum absolute atomic E-state index is 12.2. The van der Waals surface area contributed by atoms with Gasteiger partial charge in [0.05, 0.1) is 19.8 Å². The van der Waals surface area contributed by atoms with Crippen LogP contribution in [0.1, 0.15) is 29.2 Å². The topological polar surface area (TPSA) is 91.8 Å². The molecule has 1 aromatic heterocycles. The van der Waals surface area contributed by atoms with Crippen molar-refractivity contribution in [2.24, 2.45) is 4.99 Å². The Morgan fingerprint density at radius 1 is 1.15 bits per heavy atom. The number of carbonyl (C=O) groups excluding carboxylic acids is 1. The van der Waals surface area contributed by atoms with E-state index in [4.69, 9.17) is 9.47 Å². The first kappa shape index (κ1) is 22.3. The van der Waals surface area contributed by atoms with Crippen LogP contribution in [0.2, 0.25) is 0 Å². The molecule has 2 aliphatic rings. The summed E-state index contributed by atoms with van der Waals surface area (Å²) < 4.78 is 11.3. The lowest BCUT2D eigenvalue weighted by atomic mass is 10.0. The predicted molar refractivity (Wildman–Crippen MR) is 131 cm³/mol. The zero-order valence-corrected chi connectivity index (χ0v) is 19.1. The van der Waals surface area contributed by atoms with Crippen molar-refractivity contribution in [1.29, 1.82) is 0 Å². The number of nitrogens with one attached hydrogen (secondary N) is 2. The standard InChI is InChI=1S/C26H29N5O3/c32-26-23(22-4-1-2-5-24(22)28-26)18-27-25-17-20(29-30-25)16-19-6-8-21(9-7-19)34-13-3-10-31-11-14-33-15-12-31/h1-2,4-9,17-18,23H,3,10-16H2,(H,28,32)(H,29,30). The first-order valence-corrected chi connectivity index (χ1v) is 11.7. The Labute approximate surface area is 199 Å². The van der Waals surface area contributed by atoms with Crippen molar-refractivity contribution in [3.8, 4) is 5.75 Å². The molecule has 1 fully saturated rings. The normalized spacial score (nSPS) is 18.2. The molecule has 3 aromatic rings. The number of aromatic amines is 1. The van der Waals surface area contributed by atoms with E-state index in [9.17, 15) is 4.79 Å². The lowest BCUT2D eigenvalue weighted by Crippen LogP contribution is -2.37. The quantitative estimate of drug-likeness (QED) is 0.377. The molecule has 8 heteroatoms. The Hall–Kier alpha value is -3.49. The second-order valence-electron chi connectivity index (χ2n) is 8.56. The van der Waals surface area contributed by atoms with Crippen LogP contribution in [0.3, 0.4) is 0 Å². The molecule has 34 heavy (non-hydrogen) atoms. The van der Waals surface area contributed by atoms with Crippen LogP contribution in [-0.2, 0) is 16.0 Å². The number of hydrogen-bond acceptors (Lipinski definition) is 6. The molecule has 176 valence electrons. The molecule has 1 unspecified atom stereocenters. The number of nitrogens with zero attached hydrogens (tertiary/aromatic N) is 3. The molecule has 0 aliphatic carbocycles. The van der Waals surface area contributed by atoms with Crippen molar-refractivity contribution in [3.63, 3.8) is 0 Å². The van der Waals surface area contributed by atoms with Crippen LogP contribution in [0.4, 0.5) is 11.5 Å². The minimum Gasteiger partial charge on any atom is -0.494 e. The molecule has 0 spiro atoms. The SMILES string of the molecule is O=C1Nc2ccccc2C1C=Nc1cc(Cc2ccc(OCCCN3CCOCC3)cc2)[nH]n1. The summed E-state index contributed by atoms with van der Waals surface area (Å²) >= 11 is 0. The monoisotopic (exact) mass is 459 g/mol. The Balaban J connectivity index is 1.10. The molecule has 0 bridgehead atoms. The molecule has 1 amide bonds. The molecule has 3 heterocycles. The third-order valence-electron chi connectivity index (χ3n) is 6.12. The second kappa shape index (κ2) is 10.6. The van der Waals surface area contributed by atoms with E-state index in [1.54, 1.807) is 6.21 Å². The van der Waals surface area contributed by atoms with E-state index in [1.165, 1.54) is 0 Å². The van der Waals surface area contributed by atoms with Gasteiger partial charge in [0, 0.05) is 49.7 Å². The highest BCUT2D eigenvalue weighted by molar-refractivity contribution is 6.12. The van der Waals surface area contributed by atoms with E-state index in [-0.39, 0.29) is 5.91 Å². The van der Waals surface area contributed by atoms with Gasteiger partial charge in [-0.3, -0.25) is 14.8 Å². The summed E-state index contributed by atoms with van der Waals surface area (Å²) in [7, 11) is 0. The number of carbonyl (C=O) groups is 1. The summed E-state index contributed by atoms with van der Waals surface area (Å²) in [5, 5.41) is 10.2. The van der Waals surface area contributed by atoms with Crippen LogP contribution in [0.15, 0.2) is 59.6 Å². The number of fused-ring (bicyclic) bond motifs is 1. The Kier molecular flexibility index (Phi) is 6.97. The highest BCUT2D eigenvalue weighted by atomic mass is 16.5. The largest absolute Gasteiger partial charge is 0.494 e. The number of ether oxygens (including phenoxy) is 2. The highest BCUT2D eigenvalue weighted by Gasteiger charge is 2.28. The van der Waals surface area contributed by atoms with Crippen molar-refractivity contribution in [1.82, 2.24) is 15.1 Å². The van der Waals surface area contributed by atoms with Gasteiger partial charge in [0.25, 0.3) is 0 Å². The van der Waals surface area contributed by atoms with Crippen LogP contribution in [-0.4, -0.2) is 66.7 Å². The molecule has 0 saturated carbocycles. The molecule has 5 rings (SSSR count). The minimum absolute atomic E-state index is 0.0656. The molecule has 1 atom stereocenters. The molecular weight excluding hydrogens is 430 g/mol. The van der Waals surface area contributed by atoms with E-state index in [2.05, 4.69) is 37.5 Å². The van der Waals surface area contributed by atoms with Gasteiger partial charge >= 0.3 is 0 Å². The molecule has 1 saturated heterocycles. The number of rotatable bonds is 9.